The number of carbonyl (C=O) groups excluding carboxylic acids is 1. The number of rotatable bonds is 5. The normalized spacial score (nSPS) is 33.8. The quantitative estimate of drug-likeness (QED) is 0.797. The maximum atomic E-state index is 12.5. The third-order valence-corrected chi connectivity index (χ3v) is 4.35. The van der Waals surface area contributed by atoms with Crippen LogP contribution in [-0.4, -0.2) is 29.1 Å². The Morgan fingerprint density at radius 1 is 1.47 bits per heavy atom. The molecule has 98 valence electrons. The number of nitrogens with one attached hydrogen (secondary N) is 1. The van der Waals surface area contributed by atoms with Gasteiger partial charge >= 0.3 is 0 Å². The summed E-state index contributed by atoms with van der Waals surface area (Å²) in [4.78, 5) is 14.6. The molecule has 1 heterocycles. The Morgan fingerprint density at radius 2 is 2.12 bits per heavy atom. The lowest BCUT2D eigenvalue weighted by atomic mass is 9.99. The van der Waals surface area contributed by atoms with Gasteiger partial charge in [-0.1, -0.05) is 33.6 Å². The summed E-state index contributed by atoms with van der Waals surface area (Å²) < 4.78 is 0. The van der Waals surface area contributed by atoms with Crippen LogP contribution in [0.2, 0.25) is 0 Å². The SMILES string of the molecule is CCC1(C)NC(C(C)C)N(CCC2CC2)C1=O. The third-order valence-electron chi connectivity index (χ3n) is 4.35. The van der Waals surface area contributed by atoms with E-state index in [9.17, 15) is 4.79 Å². The summed E-state index contributed by atoms with van der Waals surface area (Å²) >= 11 is 0. The van der Waals surface area contributed by atoms with E-state index in [1.807, 2.05) is 6.92 Å². The molecule has 2 rings (SSSR count). The maximum absolute atomic E-state index is 12.5. The van der Waals surface area contributed by atoms with Crippen molar-refractivity contribution in [1.29, 1.82) is 0 Å². The summed E-state index contributed by atoms with van der Waals surface area (Å²) in [7, 11) is 0. The fourth-order valence-corrected chi connectivity index (χ4v) is 2.66. The van der Waals surface area contributed by atoms with Crippen molar-refractivity contribution in [3.05, 3.63) is 0 Å². The van der Waals surface area contributed by atoms with Crippen LogP contribution in [0.4, 0.5) is 0 Å². The highest BCUT2D eigenvalue weighted by Gasteiger charge is 2.47. The topological polar surface area (TPSA) is 32.3 Å². The second-order valence-electron chi connectivity index (χ2n) is 6.25. The molecule has 1 saturated heterocycles. The summed E-state index contributed by atoms with van der Waals surface area (Å²) in [6.45, 7) is 9.45. The zero-order valence-corrected chi connectivity index (χ0v) is 11.6. The number of nitrogens with zero attached hydrogens (tertiary/aromatic N) is 1. The van der Waals surface area contributed by atoms with Crippen molar-refractivity contribution in [3.63, 3.8) is 0 Å². The molecule has 2 fully saturated rings. The smallest absolute Gasteiger partial charge is 0.243 e. The first kappa shape index (κ1) is 12.9. The van der Waals surface area contributed by atoms with E-state index in [-0.39, 0.29) is 11.7 Å². The van der Waals surface area contributed by atoms with E-state index >= 15 is 0 Å². The average molecular weight is 238 g/mol. The van der Waals surface area contributed by atoms with Gasteiger partial charge in [-0.15, -0.1) is 0 Å². The van der Waals surface area contributed by atoms with Gasteiger partial charge in [0, 0.05) is 6.54 Å². The average Bonchev–Trinajstić information content (AvgIpc) is 3.07. The van der Waals surface area contributed by atoms with Crippen LogP contribution in [0.15, 0.2) is 0 Å². The van der Waals surface area contributed by atoms with Crippen molar-refractivity contribution in [2.75, 3.05) is 6.54 Å². The molecule has 0 aromatic rings. The molecule has 2 unspecified atom stereocenters. The Bertz CT molecular complexity index is 299. The number of hydrogen-bond acceptors (Lipinski definition) is 2. The van der Waals surface area contributed by atoms with Gasteiger partial charge in [-0.3, -0.25) is 10.1 Å². The first-order valence-electron chi connectivity index (χ1n) is 7.06. The molecule has 2 atom stereocenters. The lowest BCUT2D eigenvalue weighted by molar-refractivity contribution is -0.133. The van der Waals surface area contributed by atoms with E-state index in [1.54, 1.807) is 0 Å². The Morgan fingerprint density at radius 3 is 2.59 bits per heavy atom. The first-order chi connectivity index (χ1) is 7.98. The van der Waals surface area contributed by atoms with Crippen LogP contribution in [0.25, 0.3) is 0 Å². The summed E-state index contributed by atoms with van der Waals surface area (Å²) in [6, 6.07) is 0. The molecule has 1 amide bonds. The van der Waals surface area contributed by atoms with E-state index in [1.165, 1.54) is 19.3 Å². The molecule has 3 nitrogen and oxygen atoms in total. The van der Waals surface area contributed by atoms with Crippen molar-refractivity contribution < 1.29 is 4.79 Å². The van der Waals surface area contributed by atoms with Gasteiger partial charge < -0.3 is 4.90 Å². The Balaban J connectivity index is 2.05. The largest absolute Gasteiger partial charge is 0.325 e. The van der Waals surface area contributed by atoms with Crippen LogP contribution in [0, 0.1) is 11.8 Å². The second kappa shape index (κ2) is 4.60. The summed E-state index contributed by atoms with van der Waals surface area (Å²) in [6.07, 6.45) is 5.02. The Labute approximate surface area is 105 Å². The third kappa shape index (κ3) is 2.49. The maximum Gasteiger partial charge on any atom is 0.243 e. The molecule has 1 aliphatic carbocycles. The first-order valence-corrected chi connectivity index (χ1v) is 7.06. The van der Waals surface area contributed by atoms with Gasteiger partial charge in [0.25, 0.3) is 0 Å². The van der Waals surface area contributed by atoms with E-state index in [0.29, 0.717) is 11.8 Å². The highest BCUT2D eigenvalue weighted by molar-refractivity contribution is 5.88. The molecule has 0 spiro atoms. The molecule has 1 N–H and O–H groups in total. The van der Waals surface area contributed by atoms with E-state index in [0.717, 1.165) is 18.9 Å². The minimum Gasteiger partial charge on any atom is -0.325 e. The summed E-state index contributed by atoms with van der Waals surface area (Å²) in [5.41, 5.74) is -0.335. The molecule has 0 radical (unpaired) electrons. The lowest BCUT2D eigenvalue weighted by Gasteiger charge is -2.27. The van der Waals surface area contributed by atoms with Crippen molar-refractivity contribution in [1.82, 2.24) is 10.2 Å². The van der Waals surface area contributed by atoms with Crippen LogP contribution in [-0.2, 0) is 4.79 Å². The zero-order chi connectivity index (χ0) is 12.6. The van der Waals surface area contributed by atoms with Crippen molar-refractivity contribution in [3.8, 4) is 0 Å². The minimum absolute atomic E-state index is 0.228. The fraction of sp³-hybridized carbons (Fsp3) is 0.929. The summed E-state index contributed by atoms with van der Waals surface area (Å²) in [5, 5.41) is 3.54. The van der Waals surface area contributed by atoms with Gasteiger partial charge in [0.05, 0.1) is 11.7 Å². The van der Waals surface area contributed by atoms with Crippen LogP contribution in [0.1, 0.15) is 53.4 Å². The lowest BCUT2D eigenvalue weighted by Crippen LogP contribution is -2.45. The van der Waals surface area contributed by atoms with Gasteiger partial charge in [0.1, 0.15) is 0 Å². The Hall–Kier alpha value is -0.570. The van der Waals surface area contributed by atoms with Gasteiger partial charge in [0.2, 0.25) is 5.91 Å². The fourth-order valence-electron chi connectivity index (χ4n) is 2.66. The predicted molar refractivity (Wildman–Crippen MR) is 69.5 cm³/mol. The van der Waals surface area contributed by atoms with Gasteiger partial charge in [-0.25, -0.2) is 0 Å². The van der Waals surface area contributed by atoms with Crippen LogP contribution >= 0.6 is 0 Å². The van der Waals surface area contributed by atoms with Crippen LogP contribution in [0.3, 0.4) is 0 Å². The Kier molecular flexibility index (Phi) is 3.48. The number of amides is 1. The monoisotopic (exact) mass is 238 g/mol. The van der Waals surface area contributed by atoms with Crippen molar-refractivity contribution in [2.45, 2.75) is 65.1 Å². The van der Waals surface area contributed by atoms with Gasteiger partial charge in [-0.05, 0) is 31.6 Å². The highest BCUT2D eigenvalue weighted by atomic mass is 16.2. The molecule has 1 saturated carbocycles. The molecule has 2 aliphatic rings. The molecule has 0 bridgehead atoms. The number of carbonyl (C=O) groups is 1. The molecular formula is C14H26N2O. The highest BCUT2D eigenvalue weighted by Crippen LogP contribution is 2.34. The van der Waals surface area contributed by atoms with Crippen LogP contribution < -0.4 is 5.32 Å². The molecule has 17 heavy (non-hydrogen) atoms. The van der Waals surface area contributed by atoms with Crippen molar-refractivity contribution >= 4 is 5.91 Å². The minimum atomic E-state index is -0.335. The second-order valence-corrected chi connectivity index (χ2v) is 6.25. The van der Waals surface area contributed by atoms with E-state index < -0.39 is 0 Å². The predicted octanol–water partition coefficient (Wildman–Crippen LogP) is 2.37. The standard InChI is InChI=1S/C14H26N2O/c1-5-14(4)13(17)16(9-8-11-6-7-11)12(15-14)10(2)3/h10-12,15H,5-9H2,1-4H3. The van der Waals surface area contributed by atoms with E-state index in [4.69, 9.17) is 0 Å². The molecular weight excluding hydrogens is 212 g/mol. The molecule has 1 aliphatic heterocycles. The van der Waals surface area contributed by atoms with E-state index in [2.05, 4.69) is 31.0 Å². The van der Waals surface area contributed by atoms with Crippen LogP contribution in [0.5, 0.6) is 0 Å². The molecule has 3 heteroatoms. The summed E-state index contributed by atoms with van der Waals surface area (Å²) in [5.74, 6) is 1.68. The number of hydrogen-bond donors (Lipinski definition) is 1. The van der Waals surface area contributed by atoms with Crippen molar-refractivity contribution in [2.24, 2.45) is 11.8 Å². The zero-order valence-electron chi connectivity index (χ0n) is 11.6. The molecule has 0 aromatic carbocycles. The van der Waals surface area contributed by atoms with Gasteiger partial charge in [0.15, 0.2) is 0 Å². The van der Waals surface area contributed by atoms with Gasteiger partial charge in [-0.2, -0.15) is 0 Å². The molecule has 0 aromatic heterocycles.